The van der Waals surface area contributed by atoms with Crippen molar-refractivity contribution in [3.05, 3.63) is 29.3 Å². The van der Waals surface area contributed by atoms with Gasteiger partial charge in [-0.2, -0.15) is 0 Å². The summed E-state index contributed by atoms with van der Waals surface area (Å²) in [4.78, 5) is 2.48. The number of aryl methyl sites for hydroxylation is 1. The first-order valence-corrected chi connectivity index (χ1v) is 8.16. The van der Waals surface area contributed by atoms with Crippen molar-refractivity contribution in [2.24, 2.45) is 5.92 Å². The molecule has 0 aromatic heterocycles. The minimum absolute atomic E-state index is 0.737. The predicted octanol–water partition coefficient (Wildman–Crippen LogP) is 3.60. The Balaban J connectivity index is 2.66. The second-order valence-electron chi connectivity index (χ2n) is 5.83. The van der Waals surface area contributed by atoms with Gasteiger partial charge in [0.05, 0.1) is 6.61 Å². The maximum absolute atomic E-state index is 5.05. The number of hydrogen-bond donors (Lipinski definition) is 1. The minimum Gasteiger partial charge on any atom is -0.383 e. The molecule has 0 saturated carbocycles. The highest BCUT2D eigenvalue weighted by Gasteiger charge is 2.09. The van der Waals surface area contributed by atoms with E-state index >= 15 is 0 Å². The molecule has 1 N–H and O–H groups in total. The summed E-state index contributed by atoms with van der Waals surface area (Å²) in [5.74, 6) is 0.737. The van der Waals surface area contributed by atoms with Crippen LogP contribution in [-0.2, 0) is 11.3 Å². The molecule has 0 aliphatic carbocycles. The molecule has 21 heavy (non-hydrogen) atoms. The van der Waals surface area contributed by atoms with Gasteiger partial charge >= 0.3 is 0 Å². The van der Waals surface area contributed by atoms with Crippen LogP contribution < -0.4 is 10.2 Å². The molecule has 1 rings (SSSR count). The molecule has 1 unspecified atom stereocenters. The molecule has 1 aromatic rings. The fourth-order valence-electron chi connectivity index (χ4n) is 2.39. The molecule has 3 heteroatoms. The first-order valence-electron chi connectivity index (χ1n) is 8.16. The lowest BCUT2D eigenvalue weighted by Gasteiger charge is -2.27. The summed E-state index contributed by atoms with van der Waals surface area (Å²) in [7, 11) is 1.73. The first-order chi connectivity index (χ1) is 10.1. The Morgan fingerprint density at radius 2 is 2.05 bits per heavy atom. The molecule has 1 atom stereocenters. The van der Waals surface area contributed by atoms with Crippen molar-refractivity contribution in [2.75, 3.05) is 38.3 Å². The summed E-state index contributed by atoms with van der Waals surface area (Å²) < 4.78 is 5.05. The molecule has 0 aliphatic heterocycles. The zero-order chi connectivity index (χ0) is 15.7. The number of anilines is 1. The van der Waals surface area contributed by atoms with Crippen LogP contribution in [0.4, 0.5) is 5.69 Å². The normalized spacial score (nSPS) is 12.4. The van der Waals surface area contributed by atoms with Gasteiger partial charge in [-0.3, -0.25) is 0 Å². The summed E-state index contributed by atoms with van der Waals surface area (Å²) in [6, 6.07) is 6.83. The molecule has 1 aromatic carbocycles. The largest absolute Gasteiger partial charge is 0.383 e. The second-order valence-corrected chi connectivity index (χ2v) is 5.83. The van der Waals surface area contributed by atoms with Gasteiger partial charge in [0.2, 0.25) is 0 Å². The lowest BCUT2D eigenvalue weighted by molar-refractivity contribution is 0.199. The van der Waals surface area contributed by atoms with Crippen LogP contribution in [0.25, 0.3) is 0 Å². The number of benzene rings is 1. The summed E-state index contributed by atoms with van der Waals surface area (Å²) in [5, 5.41) is 3.41. The molecule has 0 aliphatic rings. The van der Waals surface area contributed by atoms with E-state index in [1.807, 2.05) is 0 Å². The van der Waals surface area contributed by atoms with Crippen LogP contribution in [0.15, 0.2) is 18.2 Å². The van der Waals surface area contributed by atoms with Gasteiger partial charge in [-0.25, -0.2) is 0 Å². The van der Waals surface area contributed by atoms with Crippen LogP contribution in [0.5, 0.6) is 0 Å². The van der Waals surface area contributed by atoms with E-state index in [1.54, 1.807) is 7.11 Å². The lowest BCUT2D eigenvalue weighted by atomic mass is 10.1. The Morgan fingerprint density at radius 3 is 2.62 bits per heavy atom. The predicted molar refractivity (Wildman–Crippen MR) is 92.1 cm³/mol. The van der Waals surface area contributed by atoms with Crippen LogP contribution in [0, 0.1) is 12.8 Å². The Bertz CT molecular complexity index is 406. The Morgan fingerprint density at radius 1 is 1.29 bits per heavy atom. The fourth-order valence-corrected chi connectivity index (χ4v) is 2.39. The van der Waals surface area contributed by atoms with Crippen LogP contribution >= 0.6 is 0 Å². The first kappa shape index (κ1) is 18.0. The SMILES string of the molecule is CCC(C)CN(CC)c1ccc(CNCCOC)c(C)c1. The molecular formula is C18H32N2O. The van der Waals surface area contributed by atoms with Gasteiger partial charge < -0.3 is 15.0 Å². The molecule has 120 valence electrons. The molecule has 0 amide bonds. The van der Waals surface area contributed by atoms with Crippen molar-refractivity contribution in [3.63, 3.8) is 0 Å². The van der Waals surface area contributed by atoms with Gasteiger partial charge in [-0.1, -0.05) is 26.3 Å². The molecule has 0 fully saturated rings. The van der Waals surface area contributed by atoms with Crippen LogP contribution in [0.2, 0.25) is 0 Å². The topological polar surface area (TPSA) is 24.5 Å². The third-order valence-electron chi connectivity index (χ3n) is 4.10. The number of ether oxygens (including phenoxy) is 1. The Labute approximate surface area is 130 Å². The number of rotatable bonds is 10. The highest BCUT2D eigenvalue weighted by molar-refractivity contribution is 5.50. The number of hydrogen-bond acceptors (Lipinski definition) is 3. The van der Waals surface area contributed by atoms with Crippen LogP contribution in [0.1, 0.15) is 38.3 Å². The van der Waals surface area contributed by atoms with E-state index in [0.29, 0.717) is 0 Å². The summed E-state index contributed by atoms with van der Waals surface area (Å²) in [5.41, 5.74) is 4.07. The molecular weight excluding hydrogens is 260 g/mol. The maximum atomic E-state index is 5.05. The summed E-state index contributed by atoms with van der Waals surface area (Å²) in [6.45, 7) is 13.8. The van der Waals surface area contributed by atoms with Crippen molar-refractivity contribution in [1.82, 2.24) is 5.32 Å². The van der Waals surface area contributed by atoms with Crippen molar-refractivity contribution in [2.45, 2.75) is 40.7 Å². The molecule has 0 bridgehead atoms. The standard InChI is InChI=1S/C18H32N2O/c1-6-15(3)14-20(7-2)18-9-8-17(16(4)12-18)13-19-10-11-21-5/h8-9,12,15,19H,6-7,10-11,13-14H2,1-5H3. The zero-order valence-corrected chi connectivity index (χ0v) is 14.4. The third kappa shape index (κ3) is 6.06. The van der Waals surface area contributed by atoms with Crippen molar-refractivity contribution in [3.8, 4) is 0 Å². The van der Waals surface area contributed by atoms with Crippen molar-refractivity contribution >= 4 is 5.69 Å². The Hall–Kier alpha value is -1.06. The molecule has 3 nitrogen and oxygen atoms in total. The van der Waals surface area contributed by atoms with Gasteiger partial charge in [0.25, 0.3) is 0 Å². The Kier molecular flexibility index (Phi) is 8.40. The summed E-state index contributed by atoms with van der Waals surface area (Å²) >= 11 is 0. The van der Waals surface area contributed by atoms with Crippen LogP contribution in [0.3, 0.4) is 0 Å². The zero-order valence-electron chi connectivity index (χ0n) is 14.4. The van der Waals surface area contributed by atoms with E-state index < -0.39 is 0 Å². The second kappa shape index (κ2) is 9.80. The molecule has 0 heterocycles. The van der Waals surface area contributed by atoms with Gasteiger partial charge in [-0.05, 0) is 43.0 Å². The number of methoxy groups -OCH3 is 1. The smallest absolute Gasteiger partial charge is 0.0587 e. The average Bonchev–Trinajstić information content (AvgIpc) is 2.50. The monoisotopic (exact) mass is 292 g/mol. The fraction of sp³-hybridized carbons (Fsp3) is 0.667. The van der Waals surface area contributed by atoms with E-state index in [4.69, 9.17) is 4.74 Å². The van der Waals surface area contributed by atoms with Gasteiger partial charge in [0.15, 0.2) is 0 Å². The van der Waals surface area contributed by atoms with E-state index in [1.165, 1.54) is 23.2 Å². The average molecular weight is 292 g/mol. The lowest BCUT2D eigenvalue weighted by Crippen LogP contribution is -2.28. The summed E-state index contributed by atoms with van der Waals surface area (Å²) in [6.07, 6.45) is 1.23. The third-order valence-corrected chi connectivity index (χ3v) is 4.10. The highest BCUT2D eigenvalue weighted by atomic mass is 16.5. The minimum atomic E-state index is 0.737. The quantitative estimate of drug-likeness (QED) is 0.667. The van der Waals surface area contributed by atoms with E-state index in [0.717, 1.165) is 38.7 Å². The molecule has 0 spiro atoms. The van der Waals surface area contributed by atoms with Gasteiger partial charge in [0.1, 0.15) is 0 Å². The van der Waals surface area contributed by atoms with Gasteiger partial charge in [-0.15, -0.1) is 0 Å². The molecule has 0 radical (unpaired) electrons. The molecule has 0 saturated heterocycles. The van der Waals surface area contributed by atoms with Gasteiger partial charge in [0, 0.05) is 39.0 Å². The van der Waals surface area contributed by atoms with E-state index in [-0.39, 0.29) is 0 Å². The van der Waals surface area contributed by atoms with E-state index in [2.05, 4.69) is 56.1 Å². The van der Waals surface area contributed by atoms with Crippen molar-refractivity contribution in [1.29, 1.82) is 0 Å². The number of nitrogens with zero attached hydrogens (tertiary/aromatic N) is 1. The highest BCUT2D eigenvalue weighted by Crippen LogP contribution is 2.21. The number of nitrogens with one attached hydrogen (secondary N) is 1. The maximum Gasteiger partial charge on any atom is 0.0587 e. The van der Waals surface area contributed by atoms with Crippen molar-refractivity contribution < 1.29 is 4.74 Å². The van der Waals surface area contributed by atoms with E-state index in [9.17, 15) is 0 Å². The van der Waals surface area contributed by atoms with Crippen LogP contribution in [-0.4, -0.2) is 33.4 Å².